The molecule has 0 saturated heterocycles. The van der Waals surface area contributed by atoms with E-state index in [4.69, 9.17) is 9.84 Å². The summed E-state index contributed by atoms with van der Waals surface area (Å²) in [6.07, 6.45) is 5.93. The number of carboxylic acid groups (broad SMARTS) is 1. The van der Waals surface area contributed by atoms with Crippen molar-refractivity contribution in [2.75, 3.05) is 13.2 Å². The van der Waals surface area contributed by atoms with Crippen LogP contribution < -0.4 is 0 Å². The summed E-state index contributed by atoms with van der Waals surface area (Å²) in [7, 11) is 0. The summed E-state index contributed by atoms with van der Waals surface area (Å²) in [5.74, 6) is -0.839. The highest BCUT2D eigenvalue weighted by atomic mass is 16.5. The summed E-state index contributed by atoms with van der Waals surface area (Å²) in [4.78, 5) is 11.0. The lowest BCUT2D eigenvalue weighted by Gasteiger charge is -2.30. The number of aliphatic hydroxyl groups is 1. The van der Waals surface area contributed by atoms with E-state index in [1.54, 1.807) is 0 Å². The predicted molar refractivity (Wildman–Crippen MR) is 76.2 cm³/mol. The lowest BCUT2D eigenvalue weighted by Crippen LogP contribution is -2.31. The van der Waals surface area contributed by atoms with Gasteiger partial charge < -0.3 is 14.9 Å². The molecule has 4 nitrogen and oxygen atoms in total. The number of rotatable bonds is 12. The Morgan fingerprint density at radius 1 is 1.21 bits per heavy atom. The zero-order chi connectivity index (χ0) is 14.7. The van der Waals surface area contributed by atoms with E-state index in [0.717, 1.165) is 32.1 Å². The molecule has 0 saturated carbocycles. The number of hydrogen-bond donors (Lipinski definition) is 2. The van der Waals surface area contributed by atoms with Gasteiger partial charge in [-0.2, -0.15) is 0 Å². The average molecular weight is 274 g/mol. The minimum atomic E-state index is -0.839. The molecule has 0 spiro atoms. The number of aliphatic hydroxyl groups excluding tert-OH is 1. The Bertz CT molecular complexity index is 240. The van der Waals surface area contributed by atoms with Crippen molar-refractivity contribution in [3.05, 3.63) is 0 Å². The van der Waals surface area contributed by atoms with Gasteiger partial charge in [0.15, 0.2) is 0 Å². The van der Waals surface area contributed by atoms with Crippen LogP contribution in [0.5, 0.6) is 0 Å². The van der Waals surface area contributed by atoms with Gasteiger partial charge in [-0.3, -0.25) is 4.79 Å². The number of unbranched alkanes of at least 4 members (excludes halogenated alkanes) is 3. The molecule has 0 rings (SSSR count). The van der Waals surface area contributed by atoms with E-state index in [1.165, 1.54) is 0 Å². The summed E-state index contributed by atoms with van der Waals surface area (Å²) in [6.45, 7) is 6.50. The molecule has 0 amide bonds. The molecular weight excluding hydrogens is 244 g/mol. The number of hydrogen-bond acceptors (Lipinski definition) is 3. The van der Waals surface area contributed by atoms with Gasteiger partial charge in [-0.05, 0) is 26.7 Å². The largest absolute Gasteiger partial charge is 0.481 e. The molecule has 0 aromatic rings. The maximum Gasteiger partial charge on any atom is 0.303 e. The first-order chi connectivity index (χ1) is 8.95. The van der Waals surface area contributed by atoms with Crippen LogP contribution in [0.1, 0.15) is 65.7 Å². The van der Waals surface area contributed by atoms with Gasteiger partial charge in [-0.15, -0.1) is 0 Å². The monoisotopic (exact) mass is 274 g/mol. The fraction of sp³-hybridized carbons (Fsp3) is 0.933. The van der Waals surface area contributed by atoms with Crippen LogP contribution in [-0.4, -0.2) is 35.5 Å². The van der Waals surface area contributed by atoms with E-state index >= 15 is 0 Å². The Morgan fingerprint density at radius 3 is 2.37 bits per heavy atom. The standard InChI is InChI=1S/C15H30O4/c1-4-5-6-7-8-15(12-16,11-14(17)18)9-10-19-13(2)3/h13,16H,4-12H2,1-3H3,(H,17,18). The molecule has 0 bridgehead atoms. The predicted octanol–water partition coefficient (Wildman–Crippen LogP) is 3.23. The first kappa shape index (κ1) is 18.4. The molecule has 0 heterocycles. The number of carboxylic acids is 1. The van der Waals surface area contributed by atoms with Crippen molar-refractivity contribution in [1.82, 2.24) is 0 Å². The van der Waals surface area contributed by atoms with Gasteiger partial charge in [-0.25, -0.2) is 0 Å². The molecule has 0 aliphatic rings. The zero-order valence-electron chi connectivity index (χ0n) is 12.7. The van der Waals surface area contributed by atoms with E-state index in [0.29, 0.717) is 13.0 Å². The van der Waals surface area contributed by atoms with E-state index in [9.17, 15) is 9.90 Å². The maximum atomic E-state index is 11.0. The zero-order valence-corrected chi connectivity index (χ0v) is 12.7. The van der Waals surface area contributed by atoms with Crippen LogP contribution >= 0.6 is 0 Å². The molecule has 0 radical (unpaired) electrons. The highest BCUT2D eigenvalue weighted by Crippen LogP contribution is 2.33. The maximum absolute atomic E-state index is 11.0. The summed E-state index contributed by atoms with van der Waals surface area (Å²) < 4.78 is 5.50. The molecule has 1 atom stereocenters. The first-order valence-electron chi connectivity index (χ1n) is 7.40. The number of aliphatic carboxylic acids is 1. The van der Waals surface area contributed by atoms with Gasteiger partial charge in [-0.1, -0.05) is 32.6 Å². The molecule has 0 aromatic carbocycles. The Balaban J connectivity index is 4.36. The van der Waals surface area contributed by atoms with Crippen LogP contribution in [0, 0.1) is 5.41 Å². The fourth-order valence-corrected chi connectivity index (χ4v) is 2.27. The Labute approximate surface area is 117 Å². The van der Waals surface area contributed by atoms with Crippen molar-refractivity contribution >= 4 is 5.97 Å². The summed E-state index contributed by atoms with van der Waals surface area (Å²) in [5.41, 5.74) is -0.519. The topological polar surface area (TPSA) is 66.8 Å². The molecule has 114 valence electrons. The van der Waals surface area contributed by atoms with Gasteiger partial charge in [0.05, 0.1) is 12.5 Å². The average Bonchev–Trinajstić information content (AvgIpc) is 2.33. The van der Waals surface area contributed by atoms with Gasteiger partial charge in [0, 0.05) is 18.6 Å². The third-order valence-electron chi connectivity index (χ3n) is 3.51. The lowest BCUT2D eigenvalue weighted by atomic mass is 9.77. The SMILES string of the molecule is CCCCCCC(CO)(CCOC(C)C)CC(=O)O. The van der Waals surface area contributed by atoms with Crippen molar-refractivity contribution in [2.24, 2.45) is 5.41 Å². The lowest BCUT2D eigenvalue weighted by molar-refractivity contribution is -0.141. The highest BCUT2D eigenvalue weighted by Gasteiger charge is 2.31. The number of carbonyl (C=O) groups is 1. The normalized spacial score (nSPS) is 14.6. The van der Waals surface area contributed by atoms with Crippen molar-refractivity contribution in [3.8, 4) is 0 Å². The van der Waals surface area contributed by atoms with Gasteiger partial charge in [0.2, 0.25) is 0 Å². The summed E-state index contributed by atoms with van der Waals surface area (Å²) >= 11 is 0. The fourth-order valence-electron chi connectivity index (χ4n) is 2.27. The third-order valence-corrected chi connectivity index (χ3v) is 3.51. The van der Waals surface area contributed by atoms with Crippen LogP contribution in [0.4, 0.5) is 0 Å². The Hall–Kier alpha value is -0.610. The molecule has 4 heteroatoms. The van der Waals surface area contributed by atoms with Gasteiger partial charge in [0.25, 0.3) is 0 Å². The Morgan fingerprint density at radius 2 is 1.89 bits per heavy atom. The molecule has 1 unspecified atom stereocenters. The van der Waals surface area contributed by atoms with E-state index in [-0.39, 0.29) is 19.1 Å². The van der Waals surface area contributed by atoms with Gasteiger partial charge in [0.1, 0.15) is 0 Å². The minimum absolute atomic E-state index is 0.0249. The molecular formula is C15H30O4. The summed E-state index contributed by atoms with van der Waals surface area (Å²) in [6, 6.07) is 0. The first-order valence-corrected chi connectivity index (χ1v) is 7.40. The molecule has 0 aliphatic carbocycles. The van der Waals surface area contributed by atoms with Gasteiger partial charge >= 0.3 is 5.97 Å². The molecule has 2 N–H and O–H groups in total. The second-order valence-electron chi connectivity index (χ2n) is 5.71. The molecule has 0 aliphatic heterocycles. The molecule has 0 aromatic heterocycles. The Kier molecular flexibility index (Phi) is 9.88. The van der Waals surface area contributed by atoms with Crippen LogP contribution in [-0.2, 0) is 9.53 Å². The second kappa shape index (κ2) is 10.2. The van der Waals surface area contributed by atoms with Crippen molar-refractivity contribution in [1.29, 1.82) is 0 Å². The highest BCUT2D eigenvalue weighted by molar-refractivity contribution is 5.67. The quantitative estimate of drug-likeness (QED) is 0.536. The van der Waals surface area contributed by atoms with Crippen LogP contribution in [0.25, 0.3) is 0 Å². The summed E-state index contributed by atoms with van der Waals surface area (Å²) in [5, 5.41) is 18.7. The smallest absolute Gasteiger partial charge is 0.303 e. The van der Waals surface area contributed by atoms with Crippen LogP contribution in [0.15, 0.2) is 0 Å². The van der Waals surface area contributed by atoms with Crippen LogP contribution in [0.3, 0.4) is 0 Å². The molecule has 19 heavy (non-hydrogen) atoms. The van der Waals surface area contributed by atoms with Crippen molar-refractivity contribution < 1.29 is 19.7 Å². The van der Waals surface area contributed by atoms with Crippen molar-refractivity contribution in [3.63, 3.8) is 0 Å². The molecule has 0 fully saturated rings. The van der Waals surface area contributed by atoms with Crippen LogP contribution in [0.2, 0.25) is 0 Å². The number of ether oxygens (including phenoxy) is 1. The van der Waals surface area contributed by atoms with E-state index in [2.05, 4.69) is 6.92 Å². The van der Waals surface area contributed by atoms with Crippen molar-refractivity contribution in [2.45, 2.75) is 71.8 Å². The second-order valence-corrected chi connectivity index (χ2v) is 5.71. The van der Waals surface area contributed by atoms with E-state index < -0.39 is 11.4 Å². The van der Waals surface area contributed by atoms with E-state index in [1.807, 2.05) is 13.8 Å². The third kappa shape index (κ3) is 9.00. The minimum Gasteiger partial charge on any atom is -0.481 e.